The maximum atomic E-state index is 12.9. The summed E-state index contributed by atoms with van der Waals surface area (Å²) in [4.78, 5) is 24.5. The molecule has 0 bridgehead atoms. The normalized spacial score (nSPS) is 17.0. The van der Waals surface area contributed by atoms with Gasteiger partial charge in [-0.25, -0.2) is 0 Å². The zero-order chi connectivity index (χ0) is 19.8. The van der Waals surface area contributed by atoms with Gasteiger partial charge in [-0.3, -0.25) is 19.7 Å². The lowest BCUT2D eigenvalue weighted by Crippen LogP contribution is -2.19. The average Bonchev–Trinajstić information content (AvgIpc) is 3.46. The number of benzene rings is 1. The summed E-state index contributed by atoms with van der Waals surface area (Å²) in [5.41, 5.74) is 5.56. The number of likely N-dealkylation sites (tertiary alicyclic amines) is 1. The fourth-order valence-electron chi connectivity index (χ4n) is 4.10. The molecule has 2 fully saturated rings. The van der Waals surface area contributed by atoms with Gasteiger partial charge in [0.15, 0.2) is 5.78 Å². The molecule has 1 aliphatic carbocycles. The minimum Gasteiger partial charge on any atom is -0.353 e. The van der Waals surface area contributed by atoms with Gasteiger partial charge in [-0.05, 0) is 57.0 Å². The van der Waals surface area contributed by atoms with E-state index in [1.54, 1.807) is 6.20 Å². The van der Waals surface area contributed by atoms with E-state index in [1.165, 1.54) is 12.8 Å². The van der Waals surface area contributed by atoms with Crippen LogP contribution in [-0.2, 0) is 6.54 Å². The molecule has 1 saturated carbocycles. The van der Waals surface area contributed by atoms with E-state index in [2.05, 4.69) is 52.3 Å². The highest BCUT2D eigenvalue weighted by molar-refractivity contribution is 6.33. The predicted molar refractivity (Wildman–Crippen MR) is 119 cm³/mol. The van der Waals surface area contributed by atoms with E-state index in [0.717, 1.165) is 65.9 Å². The first-order valence-electron chi connectivity index (χ1n) is 10.6. The van der Waals surface area contributed by atoms with E-state index >= 15 is 0 Å². The summed E-state index contributed by atoms with van der Waals surface area (Å²) in [6, 6.07) is 10.3. The van der Waals surface area contributed by atoms with Crippen LogP contribution in [0.5, 0.6) is 0 Å². The van der Waals surface area contributed by atoms with Crippen LogP contribution in [0, 0.1) is 5.92 Å². The summed E-state index contributed by atoms with van der Waals surface area (Å²) in [5, 5.41) is 4.47. The predicted octanol–water partition coefficient (Wildman–Crippen LogP) is 2.82. The summed E-state index contributed by atoms with van der Waals surface area (Å²) in [7, 11) is 2.06. The molecule has 2 aliphatic rings. The van der Waals surface area contributed by atoms with Crippen LogP contribution in [-0.4, -0.2) is 41.6 Å². The largest absolute Gasteiger partial charge is 0.353 e. The Hall–Kier alpha value is -2.73. The second-order valence-electron chi connectivity index (χ2n) is 8.35. The third-order valence-corrected chi connectivity index (χ3v) is 5.92. The van der Waals surface area contributed by atoms with E-state index < -0.39 is 0 Å². The topological polar surface area (TPSA) is 58.1 Å². The Morgan fingerprint density at radius 3 is 2.66 bits per heavy atom. The molecule has 3 heterocycles. The minimum atomic E-state index is 0.153. The number of ketones is 1. The van der Waals surface area contributed by atoms with Crippen LogP contribution in [0.4, 0.5) is 11.4 Å². The number of fused-ring (bicyclic) bond motifs is 1. The van der Waals surface area contributed by atoms with Crippen LogP contribution in [0.2, 0.25) is 0 Å². The number of carbonyl (C=O) groups is 1. The van der Waals surface area contributed by atoms with Gasteiger partial charge in [0.25, 0.3) is 0 Å². The highest BCUT2D eigenvalue weighted by atomic mass is 16.1. The van der Waals surface area contributed by atoms with Gasteiger partial charge in [0.1, 0.15) is 7.85 Å². The van der Waals surface area contributed by atoms with E-state index in [9.17, 15) is 4.79 Å². The molecule has 0 spiro atoms. The van der Waals surface area contributed by atoms with E-state index in [0.29, 0.717) is 5.56 Å². The molecule has 1 aromatic carbocycles. The van der Waals surface area contributed by atoms with E-state index in [1.807, 2.05) is 12.3 Å². The lowest BCUT2D eigenvalue weighted by Gasteiger charge is -2.16. The molecule has 1 N–H and O–H groups in total. The van der Waals surface area contributed by atoms with Crippen molar-refractivity contribution < 1.29 is 4.79 Å². The Kier molecular flexibility index (Phi) is 4.80. The summed E-state index contributed by atoms with van der Waals surface area (Å²) < 4.78 is 0. The SMILES string of the molecule is Bc1ccc2ncc(C(=O)C3CC3)c(Nc3ccc(CN4CCCC4)nc3)c2c1. The zero-order valence-corrected chi connectivity index (χ0v) is 16.8. The molecular formula is C23H25BN4O. The maximum Gasteiger partial charge on any atom is 0.169 e. The molecule has 6 heteroatoms. The number of anilines is 2. The molecule has 5 rings (SSSR count). The molecule has 0 radical (unpaired) electrons. The molecule has 0 atom stereocenters. The number of nitrogens with zero attached hydrogens (tertiary/aromatic N) is 3. The highest BCUT2D eigenvalue weighted by Gasteiger charge is 2.32. The molecule has 0 unspecified atom stereocenters. The molecule has 1 aliphatic heterocycles. The van der Waals surface area contributed by atoms with Crippen LogP contribution in [0.15, 0.2) is 42.7 Å². The third kappa shape index (κ3) is 3.90. The number of rotatable bonds is 6. The zero-order valence-electron chi connectivity index (χ0n) is 16.8. The van der Waals surface area contributed by atoms with Crippen LogP contribution in [0.1, 0.15) is 41.7 Å². The number of hydrogen-bond donors (Lipinski definition) is 1. The van der Waals surface area contributed by atoms with Crippen molar-refractivity contribution >= 4 is 41.4 Å². The number of pyridine rings is 2. The Balaban J connectivity index is 1.47. The number of hydrogen-bond acceptors (Lipinski definition) is 5. The Labute approximate surface area is 172 Å². The van der Waals surface area contributed by atoms with Crippen molar-refractivity contribution in [3.05, 3.63) is 54.0 Å². The van der Waals surface area contributed by atoms with Crippen molar-refractivity contribution in [2.24, 2.45) is 5.92 Å². The van der Waals surface area contributed by atoms with Crippen molar-refractivity contribution in [2.45, 2.75) is 32.2 Å². The number of nitrogens with one attached hydrogen (secondary N) is 1. The maximum absolute atomic E-state index is 12.9. The van der Waals surface area contributed by atoms with Gasteiger partial charge in [-0.2, -0.15) is 0 Å². The summed E-state index contributed by atoms with van der Waals surface area (Å²) in [6.45, 7) is 3.23. The quantitative estimate of drug-likeness (QED) is 0.523. The van der Waals surface area contributed by atoms with Crippen molar-refractivity contribution in [1.29, 1.82) is 0 Å². The number of Topliss-reactive ketones (excluding diaryl/α,β-unsaturated/α-hetero) is 1. The van der Waals surface area contributed by atoms with Crippen LogP contribution >= 0.6 is 0 Å². The first-order chi connectivity index (χ1) is 14.2. The Bertz CT molecular complexity index is 1060. The van der Waals surface area contributed by atoms with Crippen LogP contribution < -0.4 is 10.8 Å². The third-order valence-electron chi connectivity index (χ3n) is 5.92. The van der Waals surface area contributed by atoms with Gasteiger partial charge in [0.05, 0.1) is 34.3 Å². The lowest BCUT2D eigenvalue weighted by atomic mass is 9.93. The van der Waals surface area contributed by atoms with Gasteiger partial charge < -0.3 is 5.32 Å². The molecule has 2 aromatic heterocycles. The average molecular weight is 384 g/mol. The highest BCUT2D eigenvalue weighted by Crippen LogP contribution is 2.37. The fourth-order valence-corrected chi connectivity index (χ4v) is 4.10. The lowest BCUT2D eigenvalue weighted by molar-refractivity contribution is 0.0968. The monoisotopic (exact) mass is 384 g/mol. The van der Waals surface area contributed by atoms with Gasteiger partial charge in [-0.1, -0.05) is 17.6 Å². The second-order valence-corrected chi connectivity index (χ2v) is 8.35. The standard InChI is InChI=1S/C23H25BN4O/c24-16-5-8-21-19(11-16)22(20(13-26-21)23(29)15-3-4-15)27-17-6-7-18(25-12-17)14-28-9-1-2-10-28/h5-8,11-13,15H,1-4,9-10,14,24H2,(H,26,27). The smallest absolute Gasteiger partial charge is 0.169 e. The molecular weight excluding hydrogens is 359 g/mol. The summed E-state index contributed by atoms with van der Waals surface area (Å²) >= 11 is 0. The Morgan fingerprint density at radius 2 is 1.93 bits per heavy atom. The number of carbonyl (C=O) groups excluding carboxylic acids is 1. The van der Waals surface area contributed by atoms with Crippen molar-refractivity contribution in [3.8, 4) is 0 Å². The van der Waals surface area contributed by atoms with E-state index in [-0.39, 0.29) is 11.7 Å². The van der Waals surface area contributed by atoms with Crippen molar-refractivity contribution in [3.63, 3.8) is 0 Å². The van der Waals surface area contributed by atoms with Crippen molar-refractivity contribution in [2.75, 3.05) is 18.4 Å². The second kappa shape index (κ2) is 7.60. The van der Waals surface area contributed by atoms with Crippen LogP contribution in [0.3, 0.4) is 0 Å². The number of aromatic nitrogens is 2. The molecule has 146 valence electrons. The van der Waals surface area contributed by atoms with Gasteiger partial charge in [0, 0.05) is 24.0 Å². The molecule has 29 heavy (non-hydrogen) atoms. The fraction of sp³-hybridized carbons (Fsp3) is 0.348. The molecule has 1 saturated heterocycles. The summed E-state index contributed by atoms with van der Waals surface area (Å²) in [5.74, 6) is 0.350. The van der Waals surface area contributed by atoms with Gasteiger partial charge in [-0.15, -0.1) is 0 Å². The Morgan fingerprint density at radius 1 is 1.10 bits per heavy atom. The molecule has 3 aromatic rings. The van der Waals surface area contributed by atoms with E-state index in [4.69, 9.17) is 0 Å². The minimum absolute atomic E-state index is 0.153. The van der Waals surface area contributed by atoms with Gasteiger partial charge in [0.2, 0.25) is 0 Å². The van der Waals surface area contributed by atoms with Gasteiger partial charge >= 0.3 is 0 Å². The molecule has 5 nitrogen and oxygen atoms in total. The summed E-state index contributed by atoms with van der Waals surface area (Å²) in [6.07, 6.45) is 8.14. The first-order valence-corrected chi connectivity index (χ1v) is 10.6. The first kappa shape index (κ1) is 18.3. The molecule has 0 amide bonds. The van der Waals surface area contributed by atoms with Crippen molar-refractivity contribution in [1.82, 2.24) is 14.9 Å². The van der Waals surface area contributed by atoms with Crippen LogP contribution in [0.25, 0.3) is 10.9 Å².